The SMILES string of the molecule is COCCn1c2cc(Br)ccc2c2ccc(Br)cc21. The first kappa shape index (κ1) is 13.2. The molecular weight excluding hydrogens is 370 g/mol. The molecule has 0 radical (unpaired) electrons. The highest BCUT2D eigenvalue weighted by molar-refractivity contribution is 9.10. The summed E-state index contributed by atoms with van der Waals surface area (Å²) in [5, 5.41) is 2.56. The largest absolute Gasteiger partial charge is 0.383 e. The van der Waals surface area contributed by atoms with Crippen molar-refractivity contribution in [1.29, 1.82) is 0 Å². The molecule has 0 spiro atoms. The van der Waals surface area contributed by atoms with Gasteiger partial charge in [-0.05, 0) is 24.3 Å². The van der Waals surface area contributed by atoms with E-state index >= 15 is 0 Å². The molecule has 0 bridgehead atoms. The van der Waals surface area contributed by atoms with E-state index in [0.717, 1.165) is 15.5 Å². The maximum atomic E-state index is 5.23. The summed E-state index contributed by atoms with van der Waals surface area (Å²) >= 11 is 7.11. The highest BCUT2D eigenvalue weighted by atomic mass is 79.9. The summed E-state index contributed by atoms with van der Waals surface area (Å²) < 4.78 is 9.73. The molecule has 0 amide bonds. The van der Waals surface area contributed by atoms with E-state index in [9.17, 15) is 0 Å². The molecule has 0 aliphatic heterocycles. The summed E-state index contributed by atoms with van der Waals surface area (Å²) in [7, 11) is 1.74. The second-order valence-electron chi connectivity index (χ2n) is 4.47. The van der Waals surface area contributed by atoms with Gasteiger partial charge in [-0.25, -0.2) is 0 Å². The van der Waals surface area contributed by atoms with Crippen LogP contribution in [0.4, 0.5) is 0 Å². The van der Waals surface area contributed by atoms with Gasteiger partial charge in [0.2, 0.25) is 0 Å². The Balaban J connectivity index is 2.36. The molecule has 0 fully saturated rings. The number of hydrogen-bond acceptors (Lipinski definition) is 1. The lowest BCUT2D eigenvalue weighted by atomic mass is 10.2. The molecule has 2 aromatic carbocycles. The smallest absolute Gasteiger partial charge is 0.0642 e. The molecule has 0 atom stereocenters. The maximum Gasteiger partial charge on any atom is 0.0642 e. The van der Waals surface area contributed by atoms with Gasteiger partial charge in [0.25, 0.3) is 0 Å². The highest BCUT2D eigenvalue weighted by Crippen LogP contribution is 2.32. The predicted octanol–water partition coefficient (Wildman–Crippen LogP) is 4.97. The van der Waals surface area contributed by atoms with Gasteiger partial charge in [-0.3, -0.25) is 0 Å². The molecule has 0 aliphatic rings. The van der Waals surface area contributed by atoms with Crippen molar-refractivity contribution < 1.29 is 4.74 Å². The zero-order valence-electron chi connectivity index (χ0n) is 10.5. The Bertz CT molecular complexity index is 689. The Morgan fingerprint density at radius 2 is 1.47 bits per heavy atom. The molecule has 3 aromatic rings. The lowest BCUT2D eigenvalue weighted by molar-refractivity contribution is 0.189. The van der Waals surface area contributed by atoms with Crippen molar-refractivity contribution in [1.82, 2.24) is 4.57 Å². The van der Waals surface area contributed by atoms with E-state index in [1.54, 1.807) is 7.11 Å². The molecule has 4 heteroatoms. The standard InChI is InChI=1S/C15H13Br2NO/c1-19-7-6-18-14-8-10(16)2-4-12(14)13-5-3-11(17)9-15(13)18/h2-5,8-9H,6-7H2,1H3. The molecule has 0 saturated heterocycles. The lowest BCUT2D eigenvalue weighted by Crippen LogP contribution is -2.03. The van der Waals surface area contributed by atoms with Crippen LogP contribution in [0, 0.1) is 0 Å². The Hall–Kier alpha value is -0.840. The Morgan fingerprint density at radius 1 is 0.947 bits per heavy atom. The van der Waals surface area contributed by atoms with Crippen molar-refractivity contribution >= 4 is 53.7 Å². The Kier molecular flexibility index (Phi) is 3.65. The number of hydrogen-bond donors (Lipinski definition) is 0. The van der Waals surface area contributed by atoms with Gasteiger partial charge >= 0.3 is 0 Å². The van der Waals surface area contributed by atoms with Gasteiger partial charge in [-0.1, -0.05) is 44.0 Å². The second kappa shape index (κ2) is 5.27. The lowest BCUT2D eigenvalue weighted by Gasteiger charge is -2.06. The minimum Gasteiger partial charge on any atom is -0.383 e. The van der Waals surface area contributed by atoms with Crippen LogP contribution in [0.1, 0.15) is 0 Å². The fraction of sp³-hybridized carbons (Fsp3) is 0.200. The van der Waals surface area contributed by atoms with Crippen LogP contribution in [0.3, 0.4) is 0 Å². The highest BCUT2D eigenvalue weighted by Gasteiger charge is 2.11. The first-order chi connectivity index (χ1) is 9.20. The number of ether oxygens (including phenoxy) is 1. The summed E-state index contributed by atoms with van der Waals surface area (Å²) in [5.41, 5.74) is 2.47. The number of fused-ring (bicyclic) bond motifs is 3. The number of rotatable bonds is 3. The summed E-state index contributed by atoms with van der Waals surface area (Å²) in [6.07, 6.45) is 0. The molecule has 1 heterocycles. The van der Waals surface area contributed by atoms with Gasteiger partial charge in [-0.15, -0.1) is 0 Å². The van der Waals surface area contributed by atoms with Crippen LogP contribution in [0.15, 0.2) is 45.3 Å². The van der Waals surface area contributed by atoms with Crippen molar-refractivity contribution in [3.63, 3.8) is 0 Å². The third-order valence-electron chi connectivity index (χ3n) is 3.31. The van der Waals surface area contributed by atoms with E-state index in [2.05, 4.69) is 72.8 Å². The summed E-state index contributed by atoms with van der Waals surface area (Å²) in [6, 6.07) is 12.8. The fourth-order valence-corrected chi connectivity index (χ4v) is 3.16. The van der Waals surface area contributed by atoms with Crippen LogP contribution in [0.25, 0.3) is 21.8 Å². The minimum absolute atomic E-state index is 0.706. The normalized spacial score (nSPS) is 11.5. The summed E-state index contributed by atoms with van der Waals surface area (Å²) in [5.74, 6) is 0. The van der Waals surface area contributed by atoms with E-state index < -0.39 is 0 Å². The fourth-order valence-electron chi connectivity index (χ4n) is 2.46. The average Bonchev–Trinajstić information content (AvgIpc) is 2.68. The van der Waals surface area contributed by atoms with Gasteiger partial charge in [0.05, 0.1) is 17.6 Å². The molecule has 3 rings (SSSR count). The number of benzene rings is 2. The van der Waals surface area contributed by atoms with Crippen molar-refractivity contribution in [2.75, 3.05) is 13.7 Å². The quantitative estimate of drug-likeness (QED) is 0.624. The van der Waals surface area contributed by atoms with Gasteiger partial charge in [0, 0.05) is 33.4 Å². The van der Waals surface area contributed by atoms with Crippen LogP contribution < -0.4 is 0 Å². The van der Waals surface area contributed by atoms with E-state index in [4.69, 9.17) is 4.74 Å². The second-order valence-corrected chi connectivity index (χ2v) is 6.30. The van der Waals surface area contributed by atoms with E-state index in [-0.39, 0.29) is 0 Å². The van der Waals surface area contributed by atoms with Crippen molar-refractivity contribution in [2.24, 2.45) is 0 Å². The molecule has 0 aliphatic carbocycles. The Labute approximate surface area is 128 Å². The van der Waals surface area contributed by atoms with Crippen LogP contribution >= 0.6 is 31.9 Å². The van der Waals surface area contributed by atoms with Crippen molar-refractivity contribution in [3.8, 4) is 0 Å². The maximum absolute atomic E-state index is 5.23. The third-order valence-corrected chi connectivity index (χ3v) is 4.30. The van der Waals surface area contributed by atoms with Gasteiger partial charge in [0.1, 0.15) is 0 Å². The van der Waals surface area contributed by atoms with E-state index in [1.165, 1.54) is 21.8 Å². The number of nitrogens with zero attached hydrogens (tertiary/aromatic N) is 1. The van der Waals surface area contributed by atoms with Crippen LogP contribution in [0.5, 0.6) is 0 Å². The molecular formula is C15H13Br2NO. The van der Waals surface area contributed by atoms with Crippen molar-refractivity contribution in [3.05, 3.63) is 45.3 Å². The molecule has 0 saturated carbocycles. The van der Waals surface area contributed by atoms with Gasteiger partial charge < -0.3 is 9.30 Å². The van der Waals surface area contributed by atoms with Crippen LogP contribution in [-0.4, -0.2) is 18.3 Å². The van der Waals surface area contributed by atoms with Crippen LogP contribution in [-0.2, 0) is 11.3 Å². The molecule has 1 aromatic heterocycles. The minimum atomic E-state index is 0.706. The van der Waals surface area contributed by atoms with Crippen LogP contribution in [0.2, 0.25) is 0 Å². The van der Waals surface area contributed by atoms with Gasteiger partial charge in [0.15, 0.2) is 0 Å². The zero-order chi connectivity index (χ0) is 13.4. The monoisotopic (exact) mass is 381 g/mol. The first-order valence-electron chi connectivity index (χ1n) is 6.06. The predicted molar refractivity (Wildman–Crippen MR) is 86.7 cm³/mol. The van der Waals surface area contributed by atoms with Crippen molar-refractivity contribution in [2.45, 2.75) is 6.54 Å². The molecule has 2 nitrogen and oxygen atoms in total. The molecule has 19 heavy (non-hydrogen) atoms. The summed E-state index contributed by atoms with van der Waals surface area (Å²) in [4.78, 5) is 0. The number of methoxy groups -OCH3 is 1. The number of aromatic nitrogens is 1. The zero-order valence-corrected chi connectivity index (χ0v) is 13.7. The molecule has 0 unspecified atom stereocenters. The third kappa shape index (κ3) is 2.33. The van der Waals surface area contributed by atoms with E-state index in [0.29, 0.717) is 6.61 Å². The number of halogens is 2. The summed E-state index contributed by atoms with van der Waals surface area (Å²) in [6.45, 7) is 1.56. The molecule has 98 valence electrons. The first-order valence-corrected chi connectivity index (χ1v) is 7.65. The molecule has 0 N–H and O–H groups in total. The van der Waals surface area contributed by atoms with E-state index in [1.807, 2.05) is 0 Å². The Morgan fingerprint density at radius 3 is 1.95 bits per heavy atom. The van der Waals surface area contributed by atoms with Gasteiger partial charge in [-0.2, -0.15) is 0 Å². The average molecular weight is 383 g/mol. The topological polar surface area (TPSA) is 14.2 Å².